The highest BCUT2D eigenvalue weighted by molar-refractivity contribution is 5.74. The fourth-order valence-corrected chi connectivity index (χ4v) is 3.99. The number of benzene rings is 2. The fraction of sp³-hybridized carbons (Fsp3) is 0.500. The van der Waals surface area contributed by atoms with Gasteiger partial charge in [-0.3, -0.25) is 10.0 Å². The van der Waals surface area contributed by atoms with E-state index in [1.54, 1.807) is 0 Å². The Bertz CT molecular complexity index is 796. The SMILES string of the molecule is CC(C)CCCCC(=O)N(O)Cc1ccc(Nc2ccc(N3CCCCC3)cc2)cc1. The zero-order chi connectivity index (χ0) is 22.1. The molecule has 1 aliphatic rings. The van der Waals surface area contributed by atoms with Gasteiger partial charge in [-0.2, -0.15) is 0 Å². The molecular formula is C26H37N3O2. The molecule has 2 aromatic rings. The first-order valence-corrected chi connectivity index (χ1v) is 11.7. The maximum atomic E-state index is 12.1. The van der Waals surface area contributed by atoms with Gasteiger partial charge in [0, 0.05) is 36.6 Å². The lowest BCUT2D eigenvalue weighted by molar-refractivity contribution is -0.168. The zero-order valence-electron chi connectivity index (χ0n) is 19.0. The average Bonchev–Trinajstić information content (AvgIpc) is 2.79. The summed E-state index contributed by atoms with van der Waals surface area (Å²) in [7, 11) is 0. The Balaban J connectivity index is 1.45. The smallest absolute Gasteiger partial charge is 0.246 e. The van der Waals surface area contributed by atoms with Gasteiger partial charge < -0.3 is 10.2 Å². The summed E-state index contributed by atoms with van der Waals surface area (Å²) in [4.78, 5) is 14.6. The van der Waals surface area contributed by atoms with E-state index < -0.39 is 0 Å². The molecule has 0 atom stereocenters. The molecule has 0 bridgehead atoms. The lowest BCUT2D eigenvalue weighted by Gasteiger charge is -2.28. The van der Waals surface area contributed by atoms with Gasteiger partial charge in [-0.1, -0.05) is 38.8 Å². The monoisotopic (exact) mass is 423 g/mol. The number of nitrogens with one attached hydrogen (secondary N) is 1. The second kappa shape index (κ2) is 11.8. The van der Waals surface area contributed by atoms with Crippen LogP contribution in [0, 0.1) is 5.92 Å². The molecule has 1 aliphatic heterocycles. The third-order valence-corrected chi connectivity index (χ3v) is 5.87. The van der Waals surface area contributed by atoms with Crippen molar-refractivity contribution in [1.82, 2.24) is 5.06 Å². The van der Waals surface area contributed by atoms with Gasteiger partial charge >= 0.3 is 0 Å². The average molecular weight is 424 g/mol. The summed E-state index contributed by atoms with van der Waals surface area (Å²) in [5.41, 5.74) is 4.23. The number of hydroxylamine groups is 2. The first-order chi connectivity index (χ1) is 15.0. The van der Waals surface area contributed by atoms with E-state index in [2.05, 4.69) is 48.3 Å². The number of unbranched alkanes of at least 4 members (excludes halogenated alkanes) is 1. The molecule has 2 N–H and O–H groups in total. The third kappa shape index (κ3) is 7.59. The van der Waals surface area contributed by atoms with Crippen molar-refractivity contribution in [2.45, 2.75) is 65.3 Å². The van der Waals surface area contributed by atoms with Crippen molar-refractivity contribution >= 4 is 23.0 Å². The molecule has 0 radical (unpaired) electrons. The summed E-state index contributed by atoms with van der Waals surface area (Å²) in [5.74, 6) is 0.444. The van der Waals surface area contributed by atoms with Crippen molar-refractivity contribution in [2.24, 2.45) is 5.92 Å². The normalized spacial score (nSPS) is 14.0. The van der Waals surface area contributed by atoms with Crippen LogP contribution in [0.25, 0.3) is 0 Å². The van der Waals surface area contributed by atoms with Gasteiger partial charge in [-0.05, 0) is 73.6 Å². The Morgan fingerprint density at radius 1 is 0.968 bits per heavy atom. The number of hydrogen-bond acceptors (Lipinski definition) is 4. The minimum Gasteiger partial charge on any atom is -0.372 e. The fourth-order valence-electron chi connectivity index (χ4n) is 3.99. The van der Waals surface area contributed by atoms with Gasteiger partial charge in [-0.25, -0.2) is 5.06 Å². The summed E-state index contributed by atoms with van der Waals surface area (Å²) >= 11 is 0. The van der Waals surface area contributed by atoms with Gasteiger partial charge in [0.15, 0.2) is 0 Å². The van der Waals surface area contributed by atoms with Gasteiger partial charge in [0.05, 0.1) is 6.54 Å². The molecule has 1 fully saturated rings. The molecule has 5 nitrogen and oxygen atoms in total. The molecule has 1 saturated heterocycles. The van der Waals surface area contributed by atoms with Crippen LogP contribution in [0.3, 0.4) is 0 Å². The van der Waals surface area contributed by atoms with Crippen LogP contribution in [-0.4, -0.2) is 29.3 Å². The summed E-state index contributed by atoms with van der Waals surface area (Å²) in [6.45, 7) is 6.88. The molecule has 1 amide bonds. The number of carbonyl (C=O) groups is 1. The molecule has 0 unspecified atom stereocenters. The third-order valence-electron chi connectivity index (χ3n) is 5.87. The Kier molecular flexibility index (Phi) is 8.77. The highest BCUT2D eigenvalue weighted by atomic mass is 16.5. The molecule has 1 heterocycles. The number of rotatable bonds is 10. The molecule has 0 saturated carbocycles. The molecule has 0 spiro atoms. The van der Waals surface area contributed by atoms with Crippen molar-refractivity contribution in [3.8, 4) is 0 Å². The molecule has 2 aromatic carbocycles. The van der Waals surface area contributed by atoms with Gasteiger partial charge in [0.25, 0.3) is 0 Å². The molecule has 31 heavy (non-hydrogen) atoms. The number of piperidine rings is 1. The van der Waals surface area contributed by atoms with E-state index in [4.69, 9.17) is 0 Å². The first-order valence-electron chi connectivity index (χ1n) is 11.7. The number of nitrogens with zero attached hydrogens (tertiary/aromatic N) is 2. The Morgan fingerprint density at radius 2 is 1.58 bits per heavy atom. The predicted molar refractivity (Wildman–Crippen MR) is 128 cm³/mol. The highest BCUT2D eigenvalue weighted by Crippen LogP contribution is 2.24. The first kappa shape index (κ1) is 23.1. The van der Waals surface area contributed by atoms with Crippen LogP contribution in [0.5, 0.6) is 0 Å². The van der Waals surface area contributed by atoms with E-state index in [-0.39, 0.29) is 12.5 Å². The molecule has 5 heteroatoms. The standard InChI is InChI=1S/C26H37N3O2/c1-21(2)8-4-5-9-26(30)29(31)20-22-10-12-23(13-11-22)27-24-14-16-25(17-15-24)28-18-6-3-7-19-28/h10-17,21,27,31H,3-9,18-20H2,1-2H3. The molecule has 3 rings (SSSR count). The maximum absolute atomic E-state index is 12.1. The predicted octanol–water partition coefficient (Wildman–Crippen LogP) is 6.35. The van der Waals surface area contributed by atoms with Gasteiger partial charge in [-0.15, -0.1) is 0 Å². The molecule has 0 aromatic heterocycles. The summed E-state index contributed by atoms with van der Waals surface area (Å²) in [6.07, 6.45) is 7.27. The van der Waals surface area contributed by atoms with Crippen LogP contribution in [0.15, 0.2) is 48.5 Å². The maximum Gasteiger partial charge on any atom is 0.246 e. The van der Waals surface area contributed by atoms with Crippen molar-refractivity contribution in [3.05, 3.63) is 54.1 Å². The molecule has 0 aliphatic carbocycles. The topological polar surface area (TPSA) is 55.8 Å². The van der Waals surface area contributed by atoms with E-state index in [1.165, 1.54) is 24.9 Å². The van der Waals surface area contributed by atoms with Crippen molar-refractivity contribution < 1.29 is 10.0 Å². The van der Waals surface area contributed by atoms with Gasteiger partial charge in [0.1, 0.15) is 0 Å². The summed E-state index contributed by atoms with van der Waals surface area (Å²) in [5, 5.41) is 14.3. The lowest BCUT2D eigenvalue weighted by atomic mass is 10.1. The Hall–Kier alpha value is -2.53. The van der Waals surface area contributed by atoms with Crippen molar-refractivity contribution in [2.75, 3.05) is 23.3 Å². The highest BCUT2D eigenvalue weighted by Gasteiger charge is 2.12. The van der Waals surface area contributed by atoms with Crippen molar-refractivity contribution in [3.63, 3.8) is 0 Å². The Labute approximate surface area is 187 Å². The van der Waals surface area contributed by atoms with Crippen LogP contribution >= 0.6 is 0 Å². The van der Waals surface area contributed by atoms with E-state index in [0.29, 0.717) is 12.3 Å². The lowest BCUT2D eigenvalue weighted by Crippen LogP contribution is -2.29. The van der Waals surface area contributed by atoms with E-state index in [0.717, 1.165) is 54.4 Å². The van der Waals surface area contributed by atoms with Crippen LogP contribution in [0.2, 0.25) is 0 Å². The minimum absolute atomic E-state index is 0.209. The van der Waals surface area contributed by atoms with E-state index >= 15 is 0 Å². The quantitative estimate of drug-likeness (QED) is 0.265. The van der Waals surface area contributed by atoms with Crippen LogP contribution < -0.4 is 10.2 Å². The van der Waals surface area contributed by atoms with Gasteiger partial charge in [0.2, 0.25) is 5.91 Å². The summed E-state index contributed by atoms with van der Waals surface area (Å²) < 4.78 is 0. The number of anilines is 3. The minimum atomic E-state index is -0.209. The van der Waals surface area contributed by atoms with Crippen LogP contribution in [-0.2, 0) is 11.3 Å². The number of hydrogen-bond donors (Lipinski definition) is 2. The van der Waals surface area contributed by atoms with E-state index in [1.807, 2.05) is 24.3 Å². The number of amides is 1. The molecule has 168 valence electrons. The molecular weight excluding hydrogens is 386 g/mol. The second-order valence-corrected chi connectivity index (χ2v) is 9.01. The Morgan fingerprint density at radius 3 is 2.19 bits per heavy atom. The van der Waals surface area contributed by atoms with Crippen LogP contribution in [0.1, 0.15) is 64.4 Å². The second-order valence-electron chi connectivity index (χ2n) is 9.01. The summed E-state index contributed by atoms with van der Waals surface area (Å²) in [6, 6.07) is 16.4. The largest absolute Gasteiger partial charge is 0.372 e. The number of carbonyl (C=O) groups excluding carboxylic acids is 1. The zero-order valence-corrected chi connectivity index (χ0v) is 19.0. The van der Waals surface area contributed by atoms with E-state index in [9.17, 15) is 10.0 Å². The van der Waals surface area contributed by atoms with Crippen molar-refractivity contribution in [1.29, 1.82) is 0 Å². The van der Waals surface area contributed by atoms with Crippen LogP contribution in [0.4, 0.5) is 17.1 Å².